The number of nitrogens with zero attached hydrogens (tertiary/aromatic N) is 6. The minimum Gasteiger partial charge on any atom is -0.412 e. The molecular weight excluding hydrogens is 348 g/mol. The highest BCUT2D eigenvalue weighted by Crippen LogP contribution is 2.19. The predicted molar refractivity (Wildman–Crippen MR) is 96.0 cm³/mol. The third-order valence-corrected chi connectivity index (χ3v) is 3.14. The van der Waals surface area contributed by atoms with Crippen molar-refractivity contribution in [2.45, 2.75) is 6.92 Å². The van der Waals surface area contributed by atoms with Gasteiger partial charge in [0.05, 0.1) is 0 Å². The summed E-state index contributed by atoms with van der Waals surface area (Å²) in [6, 6.07) is 0. The molecule has 0 radical (unpaired) electrons. The number of anilines is 3. The van der Waals surface area contributed by atoms with Crippen LogP contribution in [0.2, 0.25) is 0 Å². The monoisotopic (exact) mass is 378 g/mol. The molecule has 1 aromatic rings. The van der Waals surface area contributed by atoms with E-state index >= 15 is 0 Å². The van der Waals surface area contributed by atoms with Crippen LogP contribution >= 0.6 is 0 Å². The van der Waals surface area contributed by atoms with E-state index in [1.807, 2.05) is 11.8 Å². The first-order valence-electron chi connectivity index (χ1n) is 7.72. The first kappa shape index (κ1) is 24.2. The van der Waals surface area contributed by atoms with E-state index in [1.54, 1.807) is 26.2 Å². The quantitative estimate of drug-likeness (QED) is 0.416. The Morgan fingerprint density at radius 2 is 1.04 bits per heavy atom. The van der Waals surface area contributed by atoms with E-state index < -0.39 is 0 Å². The van der Waals surface area contributed by atoms with Crippen molar-refractivity contribution in [3.8, 4) is 0 Å². The van der Waals surface area contributed by atoms with Crippen LogP contribution < -0.4 is 14.7 Å². The smallest absolute Gasteiger partial charge is 0.235 e. The maximum absolute atomic E-state index is 9.58. The number of aliphatic hydroxyl groups excluding tert-OH is 1. The summed E-state index contributed by atoms with van der Waals surface area (Å²) in [4.78, 5) is 18.3. The number of ether oxygens (including phenoxy) is 4. The summed E-state index contributed by atoms with van der Waals surface area (Å²) >= 11 is 0. The Morgan fingerprint density at radius 3 is 1.42 bits per heavy atom. The van der Waals surface area contributed by atoms with Gasteiger partial charge in [0.2, 0.25) is 17.8 Å². The summed E-state index contributed by atoms with van der Waals surface area (Å²) in [5.74, 6) is 1.04. The fourth-order valence-corrected chi connectivity index (χ4v) is 2.00. The van der Waals surface area contributed by atoms with Gasteiger partial charge in [-0.15, -0.1) is 0 Å². The highest BCUT2D eigenvalue weighted by atomic mass is 16.5. The van der Waals surface area contributed by atoms with Crippen molar-refractivity contribution in [3.63, 3.8) is 0 Å². The van der Waals surface area contributed by atoms with Crippen molar-refractivity contribution >= 4 is 17.8 Å². The Morgan fingerprint density at radius 1 is 0.692 bits per heavy atom. The highest BCUT2D eigenvalue weighted by Gasteiger charge is 2.19. The zero-order chi connectivity index (χ0) is 18.7. The molecule has 0 unspecified atom stereocenters. The molecule has 0 amide bonds. The van der Waals surface area contributed by atoms with Crippen LogP contribution in [0.3, 0.4) is 0 Å². The molecular formula is C14H30N6O6. The van der Waals surface area contributed by atoms with E-state index in [0.29, 0.717) is 25.2 Å². The van der Waals surface area contributed by atoms with Gasteiger partial charge < -0.3 is 34.4 Å². The molecule has 0 aliphatic heterocycles. The molecule has 1 aromatic heterocycles. The van der Waals surface area contributed by atoms with Gasteiger partial charge in [-0.25, -0.2) is 0 Å². The standard InChI is InChI=1S/C14H28N6O5.H2O/c1-6-18(8-22-2)12-15-13(19(7-21)9-23-3)17-14(16-12)20(10-24-4)11-25-5;/h21H,6-11H2,1-5H3;1H2. The number of aromatic nitrogens is 3. The maximum Gasteiger partial charge on any atom is 0.235 e. The Bertz CT molecular complexity index is 459. The van der Waals surface area contributed by atoms with Gasteiger partial charge in [-0.3, -0.25) is 9.80 Å². The molecule has 12 nitrogen and oxygen atoms in total. The fraction of sp³-hybridized carbons (Fsp3) is 0.786. The van der Waals surface area contributed by atoms with Gasteiger partial charge in [0.25, 0.3) is 0 Å². The Labute approximate surface area is 153 Å². The molecule has 0 bridgehead atoms. The molecule has 0 fully saturated rings. The Hall–Kier alpha value is -1.83. The van der Waals surface area contributed by atoms with Crippen molar-refractivity contribution in [1.82, 2.24) is 15.0 Å². The second-order valence-corrected chi connectivity index (χ2v) is 4.98. The number of aliphatic hydroxyl groups is 1. The van der Waals surface area contributed by atoms with Crippen LogP contribution in [0.1, 0.15) is 6.92 Å². The maximum atomic E-state index is 9.58. The van der Waals surface area contributed by atoms with Gasteiger partial charge >= 0.3 is 0 Å². The molecule has 0 aliphatic rings. The number of rotatable bonds is 13. The zero-order valence-corrected chi connectivity index (χ0v) is 16.0. The molecule has 12 heteroatoms. The molecule has 0 saturated heterocycles. The summed E-state index contributed by atoms with van der Waals surface area (Å²) < 4.78 is 20.6. The summed E-state index contributed by atoms with van der Waals surface area (Å²) in [5, 5.41) is 9.58. The molecule has 0 aromatic carbocycles. The molecule has 0 spiro atoms. The van der Waals surface area contributed by atoms with Crippen LogP contribution in [0.15, 0.2) is 0 Å². The Kier molecular flexibility index (Phi) is 12.4. The molecule has 3 N–H and O–H groups in total. The normalized spacial score (nSPS) is 10.4. The SMILES string of the molecule is CCN(COC)c1nc(N(CO)COC)nc(N(COC)COC)n1.O. The van der Waals surface area contributed by atoms with Crippen LogP contribution in [0.5, 0.6) is 0 Å². The van der Waals surface area contributed by atoms with Crippen molar-refractivity contribution < 1.29 is 29.5 Å². The van der Waals surface area contributed by atoms with Crippen molar-refractivity contribution in [2.75, 3.05) is 83.3 Å². The van der Waals surface area contributed by atoms with Gasteiger partial charge in [-0.1, -0.05) is 0 Å². The van der Waals surface area contributed by atoms with Crippen LogP contribution in [0, 0.1) is 0 Å². The number of hydrogen-bond donors (Lipinski definition) is 1. The van der Waals surface area contributed by atoms with Crippen molar-refractivity contribution in [3.05, 3.63) is 0 Å². The Balaban J connectivity index is 0.00000625. The molecule has 152 valence electrons. The summed E-state index contributed by atoms with van der Waals surface area (Å²) in [7, 11) is 6.26. The molecule has 0 atom stereocenters. The van der Waals surface area contributed by atoms with E-state index in [0.717, 1.165) is 0 Å². The lowest BCUT2D eigenvalue weighted by atomic mass is 10.6. The minimum absolute atomic E-state index is 0. The molecule has 1 rings (SSSR count). The third-order valence-electron chi connectivity index (χ3n) is 3.14. The average Bonchev–Trinajstić information content (AvgIpc) is 2.63. The first-order valence-corrected chi connectivity index (χ1v) is 7.72. The van der Waals surface area contributed by atoms with Gasteiger partial charge in [-0.05, 0) is 6.92 Å². The number of hydrogen-bond acceptors (Lipinski definition) is 11. The second-order valence-electron chi connectivity index (χ2n) is 4.98. The van der Waals surface area contributed by atoms with Crippen molar-refractivity contribution in [2.24, 2.45) is 0 Å². The summed E-state index contributed by atoms with van der Waals surface area (Å²) in [5.41, 5.74) is 0. The molecule has 0 aliphatic carbocycles. The van der Waals surface area contributed by atoms with E-state index in [-0.39, 0.29) is 38.3 Å². The summed E-state index contributed by atoms with van der Waals surface area (Å²) in [6.07, 6.45) is 0. The minimum atomic E-state index is -0.304. The van der Waals surface area contributed by atoms with Gasteiger partial charge in [0.1, 0.15) is 33.7 Å². The van der Waals surface area contributed by atoms with Gasteiger partial charge in [-0.2, -0.15) is 15.0 Å². The fourth-order valence-electron chi connectivity index (χ4n) is 2.00. The van der Waals surface area contributed by atoms with Gasteiger partial charge in [0.15, 0.2) is 0 Å². The largest absolute Gasteiger partial charge is 0.412 e. The van der Waals surface area contributed by atoms with Crippen LogP contribution in [-0.4, -0.2) is 94.2 Å². The lowest BCUT2D eigenvalue weighted by molar-refractivity contribution is 0.138. The first-order chi connectivity index (χ1) is 12.1. The zero-order valence-electron chi connectivity index (χ0n) is 16.0. The lowest BCUT2D eigenvalue weighted by Gasteiger charge is -2.26. The van der Waals surface area contributed by atoms with E-state index in [9.17, 15) is 5.11 Å². The second kappa shape index (κ2) is 13.4. The third kappa shape index (κ3) is 6.82. The van der Waals surface area contributed by atoms with E-state index in [4.69, 9.17) is 18.9 Å². The predicted octanol–water partition coefficient (Wildman–Crippen LogP) is -1.15. The van der Waals surface area contributed by atoms with E-state index in [1.165, 1.54) is 12.0 Å². The average molecular weight is 378 g/mol. The van der Waals surface area contributed by atoms with Crippen LogP contribution in [0.25, 0.3) is 0 Å². The lowest BCUT2D eigenvalue weighted by Crippen LogP contribution is -2.35. The topological polar surface area (TPSA) is 137 Å². The highest BCUT2D eigenvalue weighted by molar-refractivity contribution is 5.45. The summed E-state index contributed by atoms with van der Waals surface area (Å²) in [6.45, 7) is 3.20. The van der Waals surface area contributed by atoms with Gasteiger partial charge in [0, 0.05) is 35.0 Å². The van der Waals surface area contributed by atoms with Crippen molar-refractivity contribution in [1.29, 1.82) is 0 Å². The molecule has 26 heavy (non-hydrogen) atoms. The molecule has 0 saturated carbocycles. The van der Waals surface area contributed by atoms with Crippen LogP contribution in [-0.2, 0) is 18.9 Å². The number of methoxy groups -OCH3 is 4. The van der Waals surface area contributed by atoms with E-state index in [2.05, 4.69) is 15.0 Å². The molecule has 1 heterocycles. The van der Waals surface area contributed by atoms with Crippen LogP contribution in [0.4, 0.5) is 17.8 Å².